The molecule has 0 N–H and O–H groups in total. The van der Waals surface area contributed by atoms with E-state index in [-0.39, 0.29) is 4.90 Å². The predicted octanol–water partition coefficient (Wildman–Crippen LogP) is 4.32. The smallest absolute Gasteiger partial charge is 0.246 e. The van der Waals surface area contributed by atoms with Crippen LogP contribution in [0.5, 0.6) is 5.75 Å². The molecule has 0 atom stereocenters. The predicted molar refractivity (Wildman–Crippen MR) is 128 cm³/mol. The molecule has 1 aromatic heterocycles. The average Bonchev–Trinajstić information content (AvgIpc) is 3.24. The number of ether oxygens (including phenoxy) is 1. The number of rotatable bonds is 6. The van der Waals surface area contributed by atoms with Gasteiger partial charge in [0.2, 0.25) is 10.0 Å². The Bertz CT molecular complexity index is 1150. The van der Waals surface area contributed by atoms with Crippen LogP contribution in [0.15, 0.2) is 57.2 Å². The molecule has 9 heteroatoms. The molecule has 4 rings (SSSR count). The summed E-state index contributed by atoms with van der Waals surface area (Å²) < 4.78 is 33.9. The summed E-state index contributed by atoms with van der Waals surface area (Å²) in [6.45, 7) is 4.10. The molecule has 0 radical (unpaired) electrons. The molecule has 2 heterocycles. The van der Waals surface area contributed by atoms with Crippen LogP contribution in [0, 0.1) is 6.92 Å². The van der Waals surface area contributed by atoms with Crippen LogP contribution in [0.3, 0.4) is 0 Å². The van der Waals surface area contributed by atoms with Gasteiger partial charge in [0.05, 0.1) is 12.8 Å². The van der Waals surface area contributed by atoms with Crippen molar-refractivity contribution < 1.29 is 13.2 Å². The molecule has 1 saturated heterocycles. The Morgan fingerprint density at radius 1 is 1.10 bits per heavy atom. The fraction of sp³-hybridized carbons (Fsp3) is 0.318. The van der Waals surface area contributed by atoms with E-state index in [4.69, 9.17) is 9.72 Å². The van der Waals surface area contributed by atoms with Crippen molar-refractivity contribution in [1.29, 1.82) is 0 Å². The lowest BCUT2D eigenvalue weighted by Gasteiger charge is -2.34. The number of methoxy groups -OCH3 is 1. The number of benzene rings is 2. The van der Waals surface area contributed by atoms with Crippen LogP contribution in [-0.4, -0.2) is 51.0 Å². The van der Waals surface area contributed by atoms with Crippen molar-refractivity contribution >= 4 is 42.4 Å². The van der Waals surface area contributed by atoms with Crippen molar-refractivity contribution in [2.45, 2.75) is 18.2 Å². The first-order chi connectivity index (χ1) is 14.9. The first kappa shape index (κ1) is 22.3. The van der Waals surface area contributed by atoms with Crippen molar-refractivity contribution in [3.63, 3.8) is 0 Å². The van der Waals surface area contributed by atoms with Gasteiger partial charge in [-0.25, -0.2) is 13.4 Å². The minimum absolute atomic E-state index is 0.187. The molecule has 164 valence electrons. The van der Waals surface area contributed by atoms with Gasteiger partial charge < -0.3 is 9.64 Å². The summed E-state index contributed by atoms with van der Waals surface area (Å²) in [7, 11) is -2.15. The Morgan fingerprint density at radius 3 is 2.48 bits per heavy atom. The van der Waals surface area contributed by atoms with Crippen LogP contribution in [-0.2, 0) is 16.4 Å². The molecule has 1 fully saturated rings. The topological polar surface area (TPSA) is 62.7 Å². The molecule has 0 spiro atoms. The molecule has 0 bridgehead atoms. The fourth-order valence-corrected chi connectivity index (χ4v) is 6.54. The molecular weight excluding hydrogens is 498 g/mol. The van der Waals surface area contributed by atoms with Gasteiger partial charge in [-0.15, -0.1) is 11.3 Å². The van der Waals surface area contributed by atoms with Crippen molar-refractivity contribution in [2.24, 2.45) is 0 Å². The monoisotopic (exact) mass is 521 g/mol. The molecule has 0 unspecified atom stereocenters. The summed E-state index contributed by atoms with van der Waals surface area (Å²) >= 11 is 4.97. The fourth-order valence-electron chi connectivity index (χ4n) is 3.55. The maximum atomic E-state index is 13.2. The van der Waals surface area contributed by atoms with Crippen molar-refractivity contribution in [1.82, 2.24) is 9.29 Å². The first-order valence-electron chi connectivity index (χ1n) is 9.95. The van der Waals surface area contributed by atoms with E-state index in [1.54, 1.807) is 29.5 Å². The maximum absolute atomic E-state index is 13.2. The SMILES string of the molecule is COc1ccc(Br)cc1S(=O)(=O)N1CCN(c2nc(Cc3ccc(C)cc3)cs2)CC1. The number of hydrogen-bond acceptors (Lipinski definition) is 6. The van der Waals surface area contributed by atoms with Crippen LogP contribution in [0.2, 0.25) is 0 Å². The quantitative estimate of drug-likeness (QED) is 0.483. The number of thiazole rings is 1. The van der Waals surface area contributed by atoms with Crippen LogP contribution in [0.4, 0.5) is 5.13 Å². The summed E-state index contributed by atoms with van der Waals surface area (Å²) in [6.07, 6.45) is 0.799. The van der Waals surface area contributed by atoms with E-state index in [0.717, 1.165) is 17.2 Å². The number of aryl methyl sites for hydroxylation is 1. The van der Waals surface area contributed by atoms with E-state index < -0.39 is 10.0 Å². The van der Waals surface area contributed by atoms with Gasteiger partial charge in [0.15, 0.2) is 5.13 Å². The van der Waals surface area contributed by atoms with Gasteiger partial charge in [-0.3, -0.25) is 0 Å². The number of aromatic nitrogens is 1. The number of nitrogens with zero attached hydrogens (tertiary/aromatic N) is 3. The normalized spacial score (nSPS) is 15.3. The highest BCUT2D eigenvalue weighted by atomic mass is 79.9. The molecule has 1 aliphatic rings. The zero-order valence-electron chi connectivity index (χ0n) is 17.4. The van der Waals surface area contributed by atoms with Crippen molar-refractivity contribution in [3.05, 3.63) is 69.1 Å². The number of anilines is 1. The Morgan fingerprint density at radius 2 is 1.81 bits per heavy atom. The number of hydrogen-bond donors (Lipinski definition) is 0. The molecule has 0 saturated carbocycles. The van der Waals surface area contributed by atoms with Gasteiger partial charge >= 0.3 is 0 Å². The molecule has 2 aromatic carbocycles. The van der Waals surface area contributed by atoms with Crippen LogP contribution < -0.4 is 9.64 Å². The average molecular weight is 522 g/mol. The third-order valence-corrected chi connectivity index (χ3v) is 8.66. The van der Waals surface area contributed by atoms with Gasteiger partial charge in [0.1, 0.15) is 10.6 Å². The van der Waals surface area contributed by atoms with Gasteiger partial charge in [-0.2, -0.15) is 4.31 Å². The van der Waals surface area contributed by atoms with E-state index in [9.17, 15) is 8.42 Å². The zero-order chi connectivity index (χ0) is 22.0. The Kier molecular flexibility index (Phi) is 6.66. The second-order valence-electron chi connectivity index (χ2n) is 7.47. The van der Waals surface area contributed by atoms with Gasteiger partial charge in [-0.05, 0) is 30.7 Å². The van der Waals surface area contributed by atoms with Gasteiger partial charge in [0, 0.05) is 42.5 Å². The summed E-state index contributed by atoms with van der Waals surface area (Å²) in [5.41, 5.74) is 3.52. The molecule has 3 aromatic rings. The Balaban J connectivity index is 1.42. The maximum Gasteiger partial charge on any atom is 0.246 e. The van der Waals surface area contributed by atoms with E-state index >= 15 is 0 Å². The molecule has 1 aliphatic heterocycles. The molecular formula is C22H24BrN3O3S2. The summed E-state index contributed by atoms with van der Waals surface area (Å²) in [5.74, 6) is 0.353. The third kappa shape index (κ3) is 4.95. The highest BCUT2D eigenvalue weighted by Crippen LogP contribution is 2.31. The number of piperazine rings is 1. The van der Waals surface area contributed by atoms with E-state index in [2.05, 4.69) is 57.4 Å². The lowest BCUT2D eigenvalue weighted by Crippen LogP contribution is -2.48. The first-order valence-corrected chi connectivity index (χ1v) is 13.1. The molecule has 0 amide bonds. The molecule has 6 nitrogen and oxygen atoms in total. The van der Waals surface area contributed by atoms with Gasteiger partial charge in [-0.1, -0.05) is 45.8 Å². The number of halogens is 1. The number of sulfonamides is 1. The van der Waals surface area contributed by atoms with Crippen LogP contribution in [0.25, 0.3) is 0 Å². The zero-order valence-corrected chi connectivity index (χ0v) is 20.6. The summed E-state index contributed by atoms with van der Waals surface area (Å²) in [6, 6.07) is 13.5. The minimum Gasteiger partial charge on any atom is -0.495 e. The van der Waals surface area contributed by atoms with Crippen molar-refractivity contribution in [2.75, 3.05) is 38.2 Å². The van der Waals surface area contributed by atoms with Crippen LogP contribution >= 0.6 is 27.3 Å². The van der Waals surface area contributed by atoms with Gasteiger partial charge in [0.25, 0.3) is 0 Å². The molecule has 31 heavy (non-hydrogen) atoms. The second-order valence-corrected chi connectivity index (χ2v) is 11.1. The van der Waals surface area contributed by atoms with E-state index in [0.29, 0.717) is 36.4 Å². The molecule has 0 aliphatic carbocycles. The Labute approximate surface area is 195 Å². The third-order valence-electron chi connectivity index (χ3n) is 5.30. The highest BCUT2D eigenvalue weighted by molar-refractivity contribution is 9.10. The lowest BCUT2D eigenvalue weighted by atomic mass is 10.1. The Hall–Kier alpha value is -1.94. The second kappa shape index (κ2) is 9.28. The largest absolute Gasteiger partial charge is 0.495 e. The standard InChI is InChI=1S/C22H24BrN3O3S2/c1-16-3-5-17(6-4-16)13-19-15-30-22(24-19)25-9-11-26(12-10-25)31(27,28)21-14-18(23)7-8-20(21)29-2/h3-8,14-15H,9-13H2,1-2H3. The summed E-state index contributed by atoms with van der Waals surface area (Å²) in [4.78, 5) is 7.13. The van der Waals surface area contributed by atoms with E-state index in [1.165, 1.54) is 22.5 Å². The minimum atomic E-state index is -3.64. The highest BCUT2D eigenvalue weighted by Gasteiger charge is 2.31. The summed E-state index contributed by atoms with van der Waals surface area (Å²) in [5, 5.41) is 3.03. The van der Waals surface area contributed by atoms with E-state index in [1.807, 2.05) is 0 Å². The van der Waals surface area contributed by atoms with Crippen LogP contribution in [0.1, 0.15) is 16.8 Å². The lowest BCUT2D eigenvalue weighted by molar-refractivity contribution is 0.374. The van der Waals surface area contributed by atoms with Crippen molar-refractivity contribution in [3.8, 4) is 5.75 Å².